The highest BCUT2D eigenvalue weighted by molar-refractivity contribution is 5.25. The van der Waals surface area contributed by atoms with Crippen LogP contribution in [-0.4, -0.2) is 93.6 Å². The lowest BCUT2D eigenvalue weighted by Crippen LogP contribution is -2.57. The van der Waals surface area contributed by atoms with Gasteiger partial charge in [0.25, 0.3) is 0 Å². The van der Waals surface area contributed by atoms with E-state index in [1.165, 1.54) is 50.5 Å². The van der Waals surface area contributed by atoms with Crippen molar-refractivity contribution in [3.63, 3.8) is 0 Å². The molecule has 0 spiro atoms. The Morgan fingerprint density at radius 3 is 2.29 bits per heavy atom. The number of aliphatic hydroxyl groups excluding tert-OH is 5. The molecule has 0 aromatic rings. The van der Waals surface area contributed by atoms with Crippen LogP contribution in [-0.2, 0) is 18.9 Å². The highest BCUT2D eigenvalue weighted by Gasteiger charge is 2.59. The summed E-state index contributed by atoms with van der Waals surface area (Å²) in [7, 11) is 0. The van der Waals surface area contributed by atoms with Crippen LogP contribution < -0.4 is 0 Å². The third-order valence-electron chi connectivity index (χ3n) is 15.2. The van der Waals surface area contributed by atoms with Crippen molar-refractivity contribution in [3.05, 3.63) is 11.6 Å². The quantitative estimate of drug-likeness (QED) is 0.182. The van der Waals surface area contributed by atoms with Crippen LogP contribution in [0.3, 0.4) is 0 Å². The van der Waals surface area contributed by atoms with E-state index in [1.807, 2.05) is 0 Å². The standard InChI is InChI=1S/C40H68O9/c1-8-24(21(2)3)10-9-22(4)28-13-14-29-27-12-11-25-19-26(15-17-39(25,6)30(27)16-18-40(28,29)7)48-38-35(44)33(42)31(49-38)20-46-37-36(45)34(43)32(41)23(5)47-37/h11,21-24,26-38,41-45H,8-10,12-20H2,1-7H3/t22-,23+,24-,26+,27+,28-,29+,30+,31+,32+,33+,34-,35-,36-,37-,38-,39+,40-/m1/s1. The Hall–Kier alpha value is -0.620. The molecule has 5 fully saturated rings. The van der Waals surface area contributed by atoms with Crippen LogP contribution in [0.2, 0.25) is 0 Å². The Labute approximate surface area is 295 Å². The van der Waals surface area contributed by atoms with Gasteiger partial charge in [-0.25, -0.2) is 0 Å². The number of hydrogen-bond acceptors (Lipinski definition) is 9. The third kappa shape index (κ3) is 7.08. The van der Waals surface area contributed by atoms with Gasteiger partial charge in [-0.05, 0) is 117 Å². The molecule has 0 aromatic carbocycles. The number of aliphatic hydroxyl groups is 5. The van der Waals surface area contributed by atoms with Gasteiger partial charge in [0.2, 0.25) is 0 Å². The van der Waals surface area contributed by atoms with Gasteiger partial charge in [0.15, 0.2) is 12.6 Å². The first kappa shape index (κ1) is 38.1. The molecule has 0 bridgehead atoms. The SMILES string of the molecule is CC[C@H](CC[C@@H](C)[C@H]1CC[C@H]2[C@@H]3CC=C4C[C@@H](O[C@@H]5O[C@@H](CO[C@@H]6O[C@@H](C)[C@H](O)[C@@H](O)[C@H]6O)[C@H](O)[C@H]5O)CC[C@]4(C)[C@H]3CC[C@]12C)C(C)C. The first-order chi connectivity index (χ1) is 23.2. The summed E-state index contributed by atoms with van der Waals surface area (Å²) in [4.78, 5) is 0. The Kier molecular flexibility index (Phi) is 11.7. The van der Waals surface area contributed by atoms with Crippen LogP contribution >= 0.6 is 0 Å². The van der Waals surface area contributed by atoms with E-state index in [0.717, 1.165) is 61.2 Å². The number of fused-ring (bicyclic) bond motifs is 5. The molecule has 6 rings (SSSR count). The second-order valence-corrected chi connectivity index (χ2v) is 18.0. The summed E-state index contributed by atoms with van der Waals surface area (Å²) >= 11 is 0. The fraction of sp³-hybridized carbons (Fsp3) is 0.950. The van der Waals surface area contributed by atoms with Gasteiger partial charge < -0.3 is 44.5 Å². The fourth-order valence-corrected chi connectivity index (χ4v) is 11.9. The van der Waals surface area contributed by atoms with Crippen LogP contribution in [0.1, 0.15) is 119 Å². The smallest absolute Gasteiger partial charge is 0.186 e. The average Bonchev–Trinajstić information content (AvgIpc) is 3.56. The average molecular weight is 693 g/mol. The van der Waals surface area contributed by atoms with E-state index in [1.54, 1.807) is 6.92 Å². The molecule has 0 aromatic heterocycles. The molecule has 282 valence electrons. The zero-order valence-electron chi connectivity index (χ0n) is 31.2. The van der Waals surface area contributed by atoms with Gasteiger partial charge in [-0.15, -0.1) is 0 Å². The number of ether oxygens (including phenoxy) is 4. The predicted molar refractivity (Wildman–Crippen MR) is 186 cm³/mol. The number of rotatable bonds is 11. The molecule has 18 atom stereocenters. The van der Waals surface area contributed by atoms with E-state index in [-0.39, 0.29) is 18.1 Å². The summed E-state index contributed by atoms with van der Waals surface area (Å²) in [6, 6.07) is 0. The summed E-state index contributed by atoms with van der Waals surface area (Å²) in [5, 5.41) is 51.9. The zero-order valence-corrected chi connectivity index (χ0v) is 31.2. The molecule has 4 aliphatic carbocycles. The second-order valence-electron chi connectivity index (χ2n) is 18.0. The van der Waals surface area contributed by atoms with Crippen LogP contribution in [0.4, 0.5) is 0 Å². The van der Waals surface area contributed by atoms with Gasteiger partial charge in [-0.1, -0.05) is 66.0 Å². The summed E-state index contributed by atoms with van der Waals surface area (Å²) in [5.41, 5.74) is 2.14. The predicted octanol–water partition coefficient (Wildman–Crippen LogP) is 5.34. The van der Waals surface area contributed by atoms with Crippen LogP contribution in [0.25, 0.3) is 0 Å². The van der Waals surface area contributed by atoms with Crippen molar-refractivity contribution in [1.29, 1.82) is 0 Å². The van der Waals surface area contributed by atoms with Gasteiger partial charge in [0.1, 0.15) is 36.6 Å². The zero-order chi connectivity index (χ0) is 35.4. The van der Waals surface area contributed by atoms with Gasteiger partial charge in [0.05, 0.1) is 18.8 Å². The van der Waals surface area contributed by atoms with Crippen molar-refractivity contribution < 1.29 is 44.5 Å². The minimum Gasteiger partial charge on any atom is -0.388 e. The summed E-state index contributed by atoms with van der Waals surface area (Å²) in [6.45, 7) is 16.3. The van der Waals surface area contributed by atoms with Crippen molar-refractivity contribution >= 4 is 0 Å². The highest BCUT2D eigenvalue weighted by atomic mass is 16.7. The number of hydrogen-bond donors (Lipinski definition) is 5. The van der Waals surface area contributed by atoms with Crippen molar-refractivity contribution in [2.45, 2.75) is 181 Å². The minimum absolute atomic E-state index is 0.105. The van der Waals surface area contributed by atoms with Gasteiger partial charge in [-0.3, -0.25) is 0 Å². The molecule has 6 aliphatic rings. The molecule has 0 radical (unpaired) electrons. The molecular weight excluding hydrogens is 624 g/mol. The molecule has 0 unspecified atom stereocenters. The van der Waals surface area contributed by atoms with Crippen molar-refractivity contribution in [2.75, 3.05) is 6.61 Å². The lowest BCUT2D eigenvalue weighted by molar-refractivity contribution is -0.300. The first-order valence-electron chi connectivity index (χ1n) is 19.9. The van der Waals surface area contributed by atoms with Gasteiger partial charge in [-0.2, -0.15) is 0 Å². The first-order valence-corrected chi connectivity index (χ1v) is 19.9. The van der Waals surface area contributed by atoms with Crippen LogP contribution in [0, 0.1) is 52.3 Å². The maximum atomic E-state index is 10.8. The highest BCUT2D eigenvalue weighted by Crippen LogP contribution is 2.67. The van der Waals surface area contributed by atoms with Crippen LogP contribution in [0.15, 0.2) is 11.6 Å². The van der Waals surface area contributed by atoms with Gasteiger partial charge >= 0.3 is 0 Å². The normalized spacial score (nSPS) is 49.6. The Bertz CT molecular complexity index is 1150. The summed E-state index contributed by atoms with van der Waals surface area (Å²) in [5.74, 6) is 5.55. The Morgan fingerprint density at radius 1 is 0.837 bits per heavy atom. The summed E-state index contributed by atoms with van der Waals surface area (Å²) < 4.78 is 23.5. The number of allylic oxidation sites excluding steroid dienone is 1. The third-order valence-corrected chi connectivity index (χ3v) is 15.2. The Balaban J connectivity index is 1.04. The second kappa shape index (κ2) is 15.0. The fourth-order valence-electron chi connectivity index (χ4n) is 11.9. The van der Waals surface area contributed by atoms with E-state index in [4.69, 9.17) is 18.9 Å². The van der Waals surface area contributed by atoms with E-state index in [0.29, 0.717) is 11.3 Å². The van der Waals surface area contributed by atoms with Crippen molar-refractivity contribution in [2.24, 2.45) is 52.3 Å². The molecule has 9 nitrogen and oxygen atoms in total. The lowest BCUT2D eigenvalue weighted by atomic mass is 9.47. The maximum Gasteiger partial charge on any atom is 0.186 e. The Morgan fingerprint density at radius 2 is 1.57 bits per heavy atom. The van der Waals surface area contributed by atoms with Gasteiger partial charge in [0, 0.05) is 0 Å². The molecule has 3 saturated carbocycles. The molecule has 2 aliphatic heterocycles. The minimum atomic E-state index is -1.45. The molecule has 2 heterocycles. The molecule has 49 heavy (non-hydrogen) atoms. The molecule has 0 amide bonds. The van der Waals surface area contributed by atoms with Crippen molar-refractivity contribution in [3.8, 4) is 0 Å². The van der Waals surface area contributed by atoms with E-state index in [2.05, 4.69) is 47.6 Å². The maximum absolute atomic E-state index is 10.8. The summed E-state index contributed by atoms with van der Waals surface area (Å²) in [6.07, 6.45) is 5.47. The largest absolute Gasteiger partial charge is 0.388 e. The van der Waals surface area contributed by atoms with E-state index >= 15 is 0 Å². The van der Waals surface area contributed by atoms with E-state index < -0.39 is 55.3 Å². The topological polar surface area (TPSA) is 138 Å². The van der Waals surface area contributed by atoms with Crippen LogP contribution in [0.5, 0.6) is 0 Å². The molecule has 9 heteroatoms. The molecule has 2 saturated heterocycles. The lowest BCUT2D eigenvalue weighted by Gasteiger charge is -2.58. The van der Waals surface area contributed by atoms with Crippen molar-refractivity contribution in [1.82, 2.24) is 0 Å². The van der Waals surface area contributed by atoms with E-state index in [9.17, 15) is 25.5 Å². The molecular formula is C40H68O9. The molecule has 5 N–H and O–H groups in total. The monoisotopic (exact) mass is 692 g/mol.